The minimum Gasteiger partial charge on any atom is -0.508 e. The molecule has 0 radical (unpaired) electrons. The van der Waals surface area contributed by atoms with Crippen molar-refractivity contribution >= 4 is 15.9 Å². The summed E-state index contributed by atoms with van der Waals surface area (Å²) >= 11 is 3.29. The zero-order valence-corrected chi connectivity index (χ0v) is 18.7. The maximum absolute atomic E-state index is 12.8. The lowest BCUT2D eigenvalue weighted by molar-refractivity contribution is -0.0514. The Morgan fingerprint density at radius 1 is 0.968 bits per heavy atom. The molecule has 0 aromatic heterocycles. The van der Waals surface area contributed by atoms with Crippen LogP contribution in [0.1, 0.15) is 25.0 Å². The van der Waals surface area contributed by atoms with Crippen molar-refractivity contribution in [3.05, 3.63) is 82.3 Å². The molecule has 0 saturated heterocycles. The number of benzene rings is 3. The third-order valence-corrected chi connectivity index (χ3v) is 5.08. The van der Waals surface area contributed by atoms with Gasteiger partial charge in [0, 0.05) is 15.5 Å². The first-order chi connectivity index (χ1) is 14.7. The van der Waals surface area contributed by atoms with E-state index in [2.05, 4.69) is 15.9 Å². The van der Waals surface area contributed by atoms with E-state index in [1.165, 1.54) is 6.07 Å². The van der Waals surface area contributed by atoms with Crippen molar-refractivity contribution < 1.29 is 28.1 Å². The Kier molecular flexibility index (Phi) is 7.51. The predicted octanol–water partition coefficient (Wildman–Crippen LogP) is 7.04. The number of phenols is 1. The fourth-order valence-electron chi connectivity index (χ4n) is 3.10. The predicted molar refractivity (Wildman–Crippen MR) is 118 cm³/mol. The van der Waals surface area contributed by atoms with E-state index < -0.39 is 12.0 Å². The van der Waals surface area contributed by atoms with Crippen LogP contribution in [0, 0.1) is 0 Å². The van der Waals surface area contributed by atoms with Gasteiger partial charge in [-0.05, 0) is 54.1 Å². The number of alkyl halides is 2. The number of aromatic hydroxyl groups is 1. The molecule has 0 heterocycles. The molecule has 3 aromatic rings. The molecular weight excluding hydrogens is 470 g/mol. The highest BCUT2D eigenvalue weighted by Gasteiger charge is 2.26. The van der Waals surface area contributed by atoms with E-state index in [0.29, 0.717) is 34.7 Å². The molecule has 0 spiro atoms. The number of rotatable bonds is 9. The molecule has 1 N–H and O–H groups in total. The fourth-order valence-corrected chi connectivity index (χ4v) is 3.44. The molecule has 7 heteroatoms. The van der Waals surface area contributed by atoms with Crippen molar-refractivity contribution in [3.8, 4) is 23.0 Å². The summed E-state index contributed by atoms with van der Waals surface area (Å²) in [5.41, 5.74) is 0.998. The number of hydrogen-bond acceptors (Lipinski definition) is 4. The number of hydrogen-bond donors (Lipinski definition) is 1. The van der Waals surface area contributed by atoms with Gasteiger partial charge in [0.25, 0.3) is 0 Å². The van der Waals surface area contributed by atoms with E-state index in [0.717, 1.165) is 5.56 Å². The van der Waals surface area contributed by atoms with Crippen molar-refractivity contribution in [2.45, 2.75) is 32.5 Å². The monoisotopic (exact) mass is 492 g/mol. The Bertz CT molecular complexity index is 1010. The summed E-state index contributed by atoms with van der Waals surface area (Å²) in [5.74, 6) is 1.55. The van der Waals surface area contributed by atoms with Gasteiger partial charge in [0.2, 0.25) is 0 Å². The molecule has 3 aromatic carbocycles. The molecule has 0 aliphatic rings. The molecule has 0 bridgehead atoms. The highest BCUT2D eigenvalue weighted by Crippen LogP contribution is 2.35. The topological polar surface area (TPSA) is 47.9 Å². The number of halogens is 3. The quantitative estimate of drug-likeness (QED) is 0.347. The highest BCUT2D eigenvalue weighted by molar-refractivity contribution is 9.10. The lowest BCUT2D eigenvalue weighted by Crippen LogP contribution is -2.25. The summed E-state index contributed by atoms with van der Waals surface area (Å²) in [6.45, 7) is 1.56. The van der Waals surface area contributed by atoms with Gasteiger partial charge in [-0.25, -0.2) is 0 Å². The Balaban J connectivity index is 1.64. The van der Waals surface area contributed by atoms with Crippen molar-refractivity contribution in [2.75, 3.05) is 6.61 Å². The van der Waals surface area contributed by atoms with Gasteiger partial charge >= 0.3 is 6.61 Å². The lowest BCUT2D eigenvalue weighted by Gasteiger charge is -2.27. The SMILES string of the molecule is CC(C)(COCc1cccc(Oc2ccc(O)cc2)c1)c1ccc(Br)cc1OC(F)F. The molecule has 3 rings (SSSR count). The standard InChI is InChI=1S/C24H23BrF2O4/c1-24(2,21-11-6-17(25)13-22(21)31-23(26)27)15-29-14-16-4-3-5-20(12-16)30-19-9-7-18(28)8-10-19/h3-13,23,28H,14-15H2,1-2H3. The van der Waals surface area contributed by atoms with Gasteiger partial charge in [0.05, 0.1) is 13.2 Å². The normalized spacial score (nSPS) is 11.5. The van der Waals surface area contributed by atoms with Gasteiger partial charge in [-0.15, -0.1) is 0 Å². The van der Waals surface area contributed by atoms with E-state index >= 15 is 0 Å². The van der Waals surface area contributed by atoms with Crippen LogP contribution in [0.3, 0.4) is 0 Å². The van der Waals surface area contributed by atoms with Crippen molar-refractivity contribution in [3.63, 3.8) is 0 Å². The van der Waals surface area contributed by atoms with Crippen LogP contribution in [0.4, 0.5) is 8.78 Å². The summed E-state index contributed by atoms with van der Waals surface area (Å²) in [5, 5.41) is 9.37. The summed E-state index contributed by atoms with van der Waals surface area (Å²) in [4.78, 5) is 0. The summed E-state index contributed by atoms with van der Waals surface area (Å²) < 4.78 is 42.7. The summed E-state index contributed by atoms with van der Waals surface area (Å²) in [6, 6.07) is 19.0. The highest BCUT2D eigenvalue weighted by atomic mass is 79.9. The molecule has 0 saturated carbocycles. The second kappa shape index (κ2) is 10.1. The van der Waals surface area contributed by atoms with Gasteiger partial charge in [-0.2, -0.15) is 8.78 Å². The van der Waals surface area contributed by atoms with E-state index in [4.69, 9.17) is 14.2 Å². The molecule has 0 aliphatic carbocycles. The molecular formula is C24H23BrF2O4. The molecule has 4 nitrogen and oxygen atoms in total. The minimum atomic E-state index is -2.90. The van der Waals surface area contributed by atoms with E-state index in [1.54, 1.807) is 36.4 Å². The maximum atomic E-state index is 12.8. The van der Waals surface area contributed by atoms with Crippen LogP contribution in [-0.4, -0.2) is 18.3 Å². The van der Waals surface area contributed by atoms with E-state index in [-0.39, 0.29) is 11.5 Å². The third-order valence-electron chi connectivity index (χ3n) is 4.59. The first-order valence-electron chi connectivity index (χ1n) is 9.61. The Morgan fingerprint density at radius 2 is 1.71 bits per heavy atom. The number of ether oxygens (including phenoxy) is 3. The van der Waals surface area contributed by atoms with Gasteiger partial charge in [0.1, 0.15) is 23.0 Å². The Labute approximate surface area is 188 Å². The fraction of sp³-hybridized carbons (Fsp3) is 0.250. The Morgan fingerprint density at radius 3 is 2.42 bits per heavy atom. The molecule has 0 unspecified atom stereocenters. The first-order valence-corrected chi connectivity index (χ1v) is 10.4. The van der Waals surface area contributed by atoms with Crippen LogP contribution in [-0.2, 0) is 16.8 Å². The van der Waals surface area contributed by atoms with Crippen LogP contribution in [0.25, 0.3) is 0 Å². The number of phenolic OH excluding ortho intramolecular Hbond substituents is 1. The van der Waals surface area contributed by atoms with Crippen LogP contribution in [0.15, 0.2) is 71.2 Å². The van der Waals surface area contributed by atoms with Crippen LogP contribution in [0.2, 0.25) is 0 Å². The Hall–Kier alpha value is -2.64. The van der Waals surface area contributed by atoms with Crippen molar-refractivity contribution in [2.24, 2.45) is 0 Å². The molecule has 164 valence electrons. The second-order valence-electron chi connectivity index (χ2n) is 7.64. The molecule has 31 heavy (non-hydrogen) atoms. The third kappa shape index (κ3) is 6.67. The average Bonchev–Trinajstić information content (AvgIpc) is 2.69. The molecule has 0 aliphatic heterocycles. The van der Waals surface area contributed by atoms with Gasteiger partial charge < -0.3 is 19.3 Å². The first kappa shape index (κ1) is 23.0. The molecule has 0 amide bonds. The van der Waals surface area contributed by atoms with E-state index in [9.17, 15) is 13.9 Å². The molecule has 0 fully saturated rings. The average molecular weight is 493 g/mol. The zero-order valence-electron chi connectivity index (χ0n) is 17.1. The van der Waals surface area contributed by atoms with Crippen LogP contribution in [0.5, 0.6) is 23.0 Å². The maximum Gasteiger partial charge on any atom is 0.387 e. The zero-order chi connectivity index (χ0) is 22.4. The van der Waals surface area contributed by atoms with Gasteiger partial charge in [-0.1, -0.05) is 48.0 Å². The van der Waals surface area contributed by atoms with Crippen LogP contribution < -0.4 is 9.47 Å². The van der Waals surface area contributed by atoms with Crippen LogP contribution >= 0.6 is 15.9 Å². The molecule has 0 atom stereocenters. The largest absolute Gasteiger partial charge is 0.508 e. The summed E-state index contributed by atoms with van der Waals surface area (Å²) in [6.07, 6.45) is 0. The summed E-state index contributed by atoms with van der Waals surface area (Å²) in [7, 11) is 0. The van der Waals surface area contributed by atoms with Gasteiger partial charge in [-0.3, -0.25) is 0 Å². The minimum absolute atomic E-state index is 0.127. The van der Waals surface area contributed by atoms with Crippen molar-refractivity contribution in [1.82, 2.24) is 0 Å². The van der Waals surface area contributed by atoms with Gasteiger partial charge in [0.15, 0.2) is 0 Å². The smallest absolute Gasteiger partial charge is 0.387 e. The van der Waals surface area contributed by atoms with Crippen molar-refractivity contribution in [1.29, 1.82) is 0 Å². The van der Waals surface area contributed by atoms with E-state index in [1.807, 2.05) is 38.1 Å². The lowest BCUT2D eigenvalue weighted by atomic mass is 9.85. The second-order valence-corrected chi connectivity index (χ2v) is 8.55.